The van der Waals surface area contributed by atoms with Crippen molar-refractivity contribution < 1.29 is 14.4 Å². The van der Waals surface area contributed by atoms with Crippen molar-refractivity contribution in [2.24, 2.45) is 0 Å². The van der Waals surface area contributed by atoms with E-state index in [9.17, 15) is 9.59 Å². The number of carbonyl (C=O) groups excluding carboxylic acids is 2. The summed E-state index contributed by atoms with van der Waals surface area (Å²) in [6, 6.07) is 6.82. The number of benzene rings is 1. The molecule has 1 saturated heterocycles. The Morgan fingerprint density at radius 1 is 1.41 bits per heavy atom. The van der Waals surface area contributed by atoms with Gasteiger partial charge in [0.05, 0.1) is 13.2 Å². The lowest BCUT2D eigenvalue weighted by atomic mass is 10.2. The Labute approximate surface area is 99.3 Å². The van der Waals surface area contributed by atoms with Crippen molar-refractivity contribution in [1.82, 2.24) is 5.06 Å². The fraction of sp³-hybridized carbons (Fsp3) is 0.333. The summed E-state index contributed by atoms with van der Waals surface area (Å²) < 4.78 is 0. The van der Waals surface area contributed by atoms with E-state index in [2.05, 4.69) is 5.32 Å². The second-order valence-corrected chi connectivity index (χ2v) is 3.86. The van der Waals surface area contributed by atoms with E-state index in [0.717, 1.165) is 6.42 Å². The molecule has 2 rings (SSSR count). The molecular weight excluding hydrogens is 220 g/mol. The van der Waals surface area contributed by atoms with Gasteiger partial charge in [-0.2, -0.15) is 0 Å². The third kappa shape index (κ3) is 2.82. The van der Waals surface area contributed by atoms with Crippen LogP contribution in [-0.4, -0.2) is 30.0 Å². The molecule has 2 amide bonds. The van der Waals surface area contributed by atoms with Gasteiger partial charge < -0.3 is 5.32 Å². The first-order valence-corrected chi connectivity index (χ1v) is 5.49. The quantitative estimate of drug-likeness (QED) is 0.842. The lowest BCUT2D eigenvalue weighted by molar-refractivity contribution is -0.114. The maximum Gasteiger partial charge on any atom is 0.277 e. The summed E-state index contributed by atoms with van der Waals surface area (Å²) in [5.41, 5.74) is 1.13. The number of hydrogen-bond acceptors (Lipinski definition) is 3. The number of amides is 2. The number of nitrogens with one attached hydrogen (secondary N) is 1. The first-order chi connectivity index (χ1) is 8.16. The highest BCUT2D eigenvalue weighted by molar-refractivity contribution is 5.96. The first-order valence-electron chi connectivity index (χ1n) is 5.49. The predicted molar refractivity (Wildman–Crippen MR) is 62.4 cm³/mol. The van der Waals surface area contributed by atoms with E-state index in [1.54, 1.807) is 24.3 Å². The van der Waals surface area contributed by atoms with E-state index >= 15 is 0 Å². The van der Waals surface area contributed by atoms with Crippen molar-refractivity contribution in [3.05, 3.63) is 29.8 Å². The van der Waals surface area contributed by atoms with Crippen LogP contribution in [0.3, 0.4) is 0 Å². The largest absolute Gasteiger partial charge is 0.326 e. The smallest absolute Gasteiger partial charge is 0.277 e. The molecule has 5 heteroatoms. The zero-order valence-electron chi connectivity index (χ0n) is 9.60. The van der Waals surface area contributed by atoms with Gasteiger partial charge in [0, 0.05) is 18.2 Å². The number of hydroxylamine groups is 2. The number of hydrogen-bond donors (Lipinski definition) is 1. The summed E-state index contributed by atoms with van der Waals surface area (Å²) >= 11 is 0. The molecule has 0 unspecified atom stereocenters. The molecule has 0 aromatic heterocycles. The van der Waals surface area contributed by atoms with Gasteiger partial charge in [-0.25, -0.2) is 5.06 Å². The summed E-state index contributed by atoms with van der Waals surface area (Å²) in [5.74, 6) is -0.332. The highest BCUT2D eigenvalue weighted by Crippen LogP contribution is 2.15. The lowest BCUT2D eigenvalue weighted by Crippen LogP contribution is -2.26. The fourth-order valence-corrected chi connectivity index (χ4v) is 1.68. The van der Waals surface area contributed by atoms with E-state index in [1.165, 1.54) is 12.0 Å². The maximum atomic E-state index is 12.0. The summed E-state index contributed by atoms with van der Waals surface area (Å²) in [4.78, 5) is 28.1. The average Bonchev–Trinajstić information content (AvgIpc) is 2.81. The van der Waals surface area contributed by atoms with Gasteiger partial charge in [-0.05, 0) is 24.6 Å². The third-order valence-electron chi connectivity index (χ3n) is 2.41. The zero-order valence-corrected chi connectivity index (χ0v) is 9.60. The van der Waals surface area contributed by atoms with Gasteiger partial charge in [0.25, 0.3) is 5.91 Å². The zero-order chi connectivity index (χ0) is 12.3. The van der Waals surface area contributed by atoms with Crippen LogP contribution in [0.4, 0.5) is 5.69 Å². The molecule has 0 radical (unpaired) electrons. The minimum Gasteiger partial charge on any atom is -0.326 e. The highest BCUT2D eigenvalue weighted by atomic mass is 16.7. The molecule has 1 aliphatic rings. The van der Waals surface area contributed by atoms with Crippen LogP contribution in [0.2, 0.25) is 0 Å². The molecule has 1 aliphatic heterocycles. The van der Waals surface area contributed by atoms with Crippen LogP contribution < -0.4 is 5.32 Å². The standard InChI is InChI=1S/C12H14N2O3/c1-9(15)13-11-5-2-4-10(8-11)12(16)14-6-3-7-17-14/h2,4-5,8H,3,6-7H2,1H3,(H,13,15). The SMILES string of the molecule is CC(=O)Nc1cccc(C(=O)N2CCCO2)c1. The summed E-state index contributed by atoms with van der Waals surface area (Å²) in [6.45, 7) is 2.62. The summed E-state index contributed by atoms with van der Waals surface area (Å²) in [5, 5.41) is 3.99. The molecule has 0 saturated carbocycles. The summed E-state index contributed by atoms with van der Waals surface area (Å²) in [6.07, 6.45) is 0.858. The molecule has 17 heavy (non-hydrogen) atoms. The van der Waals surface area contributed by atoms with Crippen LogP contribution in [0.1, 0.15) is 23.7 Å². The molecule has 1 aromatic carbocycles. The van der Waals surface area contributed by atoms with Gasteiger partial charge in [-0.3, -0.25) is 14.4 Å². The minimum absolute atomic E-state index is 0.160. The Kier molecular flexibility index (Phi) is 3.39. The van der Waals surface area contributed by atoms with E-state index in [4.69, 9.17) is 4.84 Å². The van der Waals surface area contributed by atoms with E-state index < -0.39 is 0 Å². The molecular formula is C12H14N2O3. The number of rotatable bonds is 2. The van der Waals surface area contributed by atoms with Gasteiger partial charge in [0.2, 0.25) is 5.91 Å². The first kappa shape index (κ1) is 11.6. The van der Waals surface area contributed by atoms with E-state index in [1.807, 2.05) is 0 Å². The van der Waals surface area contributed by atoms with Crippen molar-refractivity contribution >= 4 is 17.5 Å². The molecule has 0 bridgehead atoms. The molecule has 90 valence electrons. The van der Waals surface area contributed by atoms with Crippen LogP contribution in [0.15, 0.2) is 24.3 Å². The monoisotopic (exact) mass is 234 g/mol. The average molecular weight is 234 g/mol. The highest BCUT2D eigenvalue weighted by Gasteiger charge is 2.20. The summed E-state index contributed by atoms with van der Waals surface area (Å²) in [7, 11) is 0. The Bertz CT molecular complexity index is 439. The molecule has 0 atom stereocenters. The second-order valence-electron chi connectivity index (χ2n) is 3.86. The number of anilines is 1. The molecule has 0 spiro atoms. The predicted octanol–water partition coefficient (Wildman–Crippen LogP) is 1.42. The van der Waals surface area contributed by atoms with Crippen molar-refractivity contribution in [2.75, 3.05) is 18.5 Å². The molecule has 1 N–H and O–H groups in total. The van der Waals surface area contributed by atoms with Gasteiger partial charge in [0.1, 0.15) is 0 Å². The Morgan fingerprint density at radius 3 is 2.88 bits per heavy atom. The van der Waals surface area contributed by atoms with Gasteiger partial charge in [0.15, 0.2) is 0 Å². The topological polar surface area (TPSA) is 58.6 Å². The molecule has 1 fully saturated rings. The molecule has 5 nitrogen and oxygen atoms in total. The van der Waals surface area contributed by atoms with Crippen molar-refractivity contribution in [3.8, 4) is 0 Å². The molecule has 1 heterocycles. The van der Waals surface area contributed by atoms with Gasteiger partial charge in [-0.15, -0.1) is 0 Å². The van der Waals surface area contributed by atoms with E-state index in [-0.39, 0.29) is 11.8 Å². The Morgan fingerprint density at radius 2 is 2.24 bits per heavy atom. The van der Waals surface area contributed by atoms with Crippen LogP contribution in [-0.2, 0) is 9.63 Å². The van der Waals surface area contributed by atoms with Gasteiger partial charge >= 0.3 is 0 Å². The Hall–Kier alpha value is -1.88. The van der Waals surface area contributed by atoms with E-state index in [0.29, 0.717) is 24.4 Å². The Balaban J connectivity index is 2.14. The van der Waals surface area contributed by atoms with Crippen LogP contribution in [0.25, 0.3) is 0 Å². The van der Waals surface area contributed by atoms with Crippen molar-refractivity contribution in [1.29, 1.82) is 0 Å². The third-order valence-corrected chi connectivity index (χ3v) is 2.41. The minimum atomic E-state index is -0.172. The number of carbonyl (C=O) groups is 2. The van der Waals surface area contributed by atoms with Crippen molar-refractivity contribution in [2.45, 2.75) is 13.3 Å². The van der Waals surface area contributed by atoms with Crippen LogP contribution in [0, 0.1) is 0 Å². The number of nitrogens with zero attached hydrogens (tertiary/aromatic N) is 1. The van der Waals surface area contributed by atoms with Crippen LogP contribution in [0.5, 0.6) is 0 Å². The molecule has 1 aromatic rings. The fourth-order valence-electron chi connectivity index (χ4n) is 1.68. The van der Waals surface area contributed by atoms with Crippen LogP contribution >= 0.6 is 0 Å². The van der Waals surface area contributed by atoms with Crippen molar-refractivity contribution in [3.63, 3.8) is 0 Å². The maximum absolute atomic E-state index is 12.0. The second kappa shape index (κ2) is 4.97. The molecule has 0 aliphatic carbocycles. The lowest BCUT2D eigenvalue weighted by Gasteiger charge is -2.14. The van der Waals surface area contributed by atoms with Gasteiger partial charge in [-0.1, -0.05) is 6.07 Å². The normalized spacial score (nSPS) is 14.8.